The van der Waals surface area contributed by atoms with Crippen LogP contribution in [0.1, 0.15) is 33.1 Å². The number of rotatable bonds is 3. The predicted octanol–water partition coefficient (Wildman–Crippen LogP) is 1.21. The zero-order chi connectivity index (χ0) is 10.4. The average Bonchev–Trinajstić information content (AvgIpc) is 2.19. The number of piperidine rings is 1. The summed E-state index contributed by atoms with van der Waals surface area (Å²) < 4.78 is 0. The van der Waals surface area contributed by atoms with Crippen LogP contribution in [0.5, 0.6) is 0 Å². The Morgan fingerprint density at radius 1 is 1.57 bits per heavy atom. The maximum absolute atomic E-state index is 11.8. The van der Waals surface area contributed by atoms with Gasteiger partial charge in [0.15, 0.2) is 0 Å². The number of nitrogens with one attached hydrogen (secondary N) is 2. The van der Waals surface area contributed by atoms with Gasteiger partial charge in [-0.1, -0.05) is 12.2 Å². The molecule has 0 aromatic heterocycles. The molecule has 0 radical (unpaired) electrons. The Bertz CT molecular complexity index is 217. The Morgan fingerprint density at radius 2 is 2.36 bits per heavy atom. The summed E-state index contributed by atoms with van der Waals surface area (Å²) in [6, 6.07) is 0. The van der Waals surface area contributed by atoms with E-state index in [0.29, 0.717) is 6.54 Å². The summed E-state index contributed by atoms with van der Waals surface area (Å²) in [6.07, 6.45) is 7.15. The van der Waals surface area contributed by atoms with E-state index in [1.165, 1.54) is 6.42 Å². The fourth-order valence-electron chi connectivity index (χ4n) is 1.71. The van der Waals surface area contributed by atoms with Crippen LogP contribution >= 0.6 is 0 Å². The van der Waals surface area contributed by atoms with Crippen LogP contribution in [0.4, 0.5) is 0 Å². The van der Waals surface area contributed by atoms with Gasteiger partial charge in [-0.2, -0.15) is 0 Å². The van der Waals surface area contributed by atoms with Crippen LogP contribution in [-0.2, 0) is 4.79 Å². The highest BCUT2D eigenvalue weighted by Crippen LogP contribution is 2.18. The lowest BCUT2D eigenvalue weighted by Gasteiger charge is -2.33. The van der Waals surface area contributed by atoms with Crippen molar-refractivity contribution in [3.63, 3.8) is 0 Å². The summed E-state index contributed by atoms with van der Waals surface area (Å²) in [6.45, 7) is 5.52. The topological polar surface area (TPSA) is 41.1 Å². The number of hydrogen-bond donors (Lipinski definition) is 2. The molecule has 0 bridgehead atoms. The maximum atomic E-state index is 11.8. The molecule has 2 N–H and O–H groups in total. The summed E-state index contributed by atoms with van der Waals surface area (Å²) >= 11 is 0. The Labute approximate surface area is 86.0 Å². The second-order valence-corrected chi connectivity index (χ2v) is 4.00. The number of hydrogen-bond acceptors (Lipinski definition) is 2. The normalized spacial score (nSPS) is 27.9. The molecule has 1 saturated heterocycles. The van der Waals surface area contributed by atoms with E-state index < -0.39 is 0 Å². The van der Waals surface area contributed by atoms with Crippen molar-refractivity contribution in [1.82, 2.24) is 10.6 Å². The van der Waals surface area contributed by atoms with Gasteiger partial charge in [-0.25, -0.2) is 0 Å². The molecule has 0 spiro atoms. The van der Waals surface area contributed by atoms with Crippen LogP contribution < -0.4 is 10.6 Å². The van der Waals surface area contributed by atoms with E-state index in [9.17, 15) is 4.79 Å². The monoisotopic (exact) mass is 196 g/mol. The highest BCUT2D eigenvalue weighted by Gasteiger charge is 2.33. The Kier molecular flexibility index (Phi) is 4.14. The van der Waals surface area contributed by atoms with E-state index in [4.69, 9.17) is 0 Å². The molecule has 1 fully saturated rings. The molecule has 1 unspecified atom stereocenters. The van der Waals surface area contributed by atoms with Crippen LogP contribution in [0.2, 0.25) is 0 Å². The lowest BCUT2D eigenvalue weighted by molar-refractivity contribution is -0.127. The van der Waals surface area contributed by atoms with Gasteiger partial charge in [0.05, 0.1) is 5.54 Å². The quantitative estimate of drug-likeness (QED) is 0.666. The van der Waals surface area contributed by atoms with Gasteiger partial charge < -0.3 is 10.6 Å². The first-order valence-electron chi connectivity index (χ1n) is 5.33. The first kappa shape index (κ1) is 11.2. The van der Waals surface area contributed by atoms with Gasteiger partial charge in [0, 0.05) is 6.54 Å². The number of allylic oxidation sites excluding steroid dienone is 1. The summed E-state index contributed by atoms with van der Waals surface area (Å²) in [5.74, 6) is 0.121. The van der Waals surface area contributed by atoms with Crippen molar-refractivity contribution in [1.29, 1.82) is 0 Å². The van der Waals surface area contributed by atoms with E-state index in [-0.39, 0.29) is 11.4 Å². The molecule has 1 atom stereocenters. The van der Waals surface area contributed by atoms with Crippen molar-refractivity contribution in [3.8, 4) is 0 Å². The highest BCUT2D eigenvalue weighted by molar-refractivity contribution is 5.86. The van der Waals surface area contributed by atoms with Crippen LogP contribution in [-0.4, -0.2) is 24.5 Å². The van der Waals surface area contributed by atoms with Gasteiger partial charge in [0.2, 0.25) is 5.91 Å². The third-order valence-electron chi connectivity index (χ3n) is 2.74. The molecule has 0 saturated carbocycles. The first-order valence-corrected chi connectivity index (χ1v) is 5.33. The Morgan fingerprint density at radius 3 is 2.93 bits per heavy atom. The average molecular weight is 196 g/mol. The van der Waals surface area contributed by atoms with Crippen LogP contribution in [0, 0.1) is 0 Å². The first-order chi connectivity index (χ1) is 6.69. The smallest absolute Gasteiger partial charge is 0.240 e. The van der Waals surface area contributed by atoms with Crippen LogP contribution in [0.15, 0.2) is 12.2 Å². The van der Waals surface area contributed by atoms with E-state index in [1.54, 1.807) is 0 Å². The van der Waals surface area contributed by atoms with Crippen LogP contribution in [0.25, 0.3) is 0 Å². The van der Waals surface area contributed by atoms with Crippen molar-refractivity contribution in [2.45, 2.75) is 38.6 Å². The minimum absolute atomic E-state index is 0.121. The molecule has 1 amide bonds. The largest absolute Gasteiger partial charge is 0.351 e. The van der Waals surface area contributed by atoms with E-state index in [1.807, 2.05) is 26.0 Å². The summed E-state index contributed by atoms with van der Waals surface area (Å²) in [7, 11) is 0. The molecular formula is C11H20N2O. The van der Waals surface area contributed by atoms with Crippen molar-refractivity contribution in [3.05, 3.63) is 12.2 Å². The maximum Gasteiger partial charge on any atom is 0.240 e. The zero-order valence-electron chi connectivity index (χ0n) is 9.10. The molecule has 0 aromatic rings. The van der Waals surface area contributed by atoms with Crippen LogP contribution in [0.3, 0.4) is 0 Å². The minimum atomic E-state index is -0.347. The van der Waals surface area contributed by atoms with Crippen molar-refractivity contribution in [2.24, 2.45) is 0 Å². The summed E-state index contributed by atoms with van der Waals surface area (Å²) in [5, 5.41) is 6.19. The second kappa shape index (κ2) is 5.15. The fourth-order valence-corrected chi connectivity index (χ4v) is 1.71. The van der Waals surface area contributed by atoms with Gasteiger partial charge in [-0.05, 0) is 39.7 Å². The molecular weight excluding hydrogens is 176 g/mol. The summed E-state index contributed by atoms with van der Waals surface area (Å²) in [5.41, 5.74) is -0.347. The Hall–Kier alpha value is -0.830. The van der Waals surface area contributed by atoms with E-state index in [2.05, 4.69) is 10.6 Å². The second-order valence-electron chi connectivity index (χ2n) is 4.00. The third kappa shape index (κ3) is 2.84. The molecule has 3 heteroatoms. The van der Waals surface area contributed by atoms with Crippen molar-refractivity contribution in [2.75, 3.05) is 13.1 Å². The molecule has 1 aliphatic heterocycles. The number of carbonyl (C=O) groups excluding carboxylic acids is 1. The number of amides is 1. The van der Waals surface area contributed by atoms with E-state index >= 15 is 0 Å². The molecule has 80 valence electrons. The van der Waals surface area contributed by atoms with Gasteiger partial charge >= 0.3 is 0 Å². The van der Waals surface area contributed by atoms with Gasteiger partial charge in [0.25, 0.3) is 0 Å². The van der Waals surface area contributed by atoms with Gasteiger partial charge in [-0.3, -0.25) is 4.79 Å². The molecule has 1 rings (SSSR count). The number of carbonyl (C=O) groups is 1. The zero-order valence-corrected chi connectivity index (χ0v) is 9.10. The fraction of sp³-hybridized carbons (Fsp3) is 0.727. The molecule has 1 aliphatic rings. The lowest BCUT2D eigenvalue weighted by Crippen LogP contribution is -2.56. The molecule has 3 nitrogen and oxygen atoms in total. The van der Waals surface area contributed by atoms with Gasteiger partial charge in [0.1, 0.15) is 0 Å². The highest BCUT2D eigenvalue weighted by atomic mass is 16.2. The molecule has 0 aromatic carbocycles. The third-order valence-corrected chi connectivity index (χ3v) is 2.74. The molecule has 14 heavy (non-hydrogen) atoms. The van der Waals surface area contributed by atoms with Gasteiger partial charge in [-0.15, -0.1) is 0 Å². The van der Waals surface area contributed by atoms with Crippen molar-refractivity contribution >= 4 is 5.91 Å². The van der Waals surface area contributed by atoms with E-state index in [0.717, 1.165) is 19.4 Å². The standard InChI is InChI=1S/C11H20N2O/c1-3-4-8-12-10(14)11(2)7-5-6-9-13-11/h3-4,13H,5-9H2,1-2H3,(H,12,14)/b4-3+. The SMILES string of the molecule is C/C=C/CNC(=O)C1(C)CCCCN1. The predicted molar refractivity (Wildman–Crippen MR) is 58.1 cm³/mol. The molecule has 0 aliphatic carbocycles. The summed E-state index contributed by atoms with van der Waals surface area (Å²) in [4.78, 5) is 11.8. The van der Waals surface area contributed by atoms with Crippen molar-refractivity contribution < 1.29 is 4.79 Å². The minimum Gasteiger partial charge on any atom is -0.351 e. The Balaban J connectivity index is 2.40. The lowest BCUT2D eigenvalue weighted by atomic mass is 9.90. The molecule has 1 heterocycles.